The average Bonchev–Trinajstić information content (AvgIpc) is 2.27. The third kappa shape index (κ3) is 4.18. The van der Waals surface area contributed by atoms with Gasteiger partial charge in [0.2, 0.25) is 0 Å². The van der Waals surface area contributed by atoms with Crippen LogP contribution in [0.25, 0.3) is 0 Å². The fourth-order valence-electron chi connectivity index (χ4n) is 1.49. The Morgan fingerprint density at radius 1 is 1.40 bits per heavy atom. The van der Waals surface area contributed by atoms with Gasteiger partial charge in [0, 0.05) is 23.7 Å². The van der Waals surface area contributed by atoms with Gasteiger partial charge in [0.1, 0.15) is 5.03 Å². The lowest BCUT2D eigenvalue weighted by molar-refractivity contribution is 0.566. The van der Waals surface area contributed by atoms with Crippen LogP contribution in [0.5, 0.6) is 0 Å². The van der Waals surface area contributed by atoms with Gasteiger partial charge in [-0.3, -0.25) is 4.98 Å². The topological polar surface area (TPSA) is 51.8 Å². The number of nitrogens with two attached hydrogens (primary N) is 1. The number of thioether (sulfide) groups is 1. The van der Waals surface area contributed by atoms with Gasteiger partial charge in [0.25, 0.3) is 0 Å². The van der Waals surface area contributed by atoms with Crippen molar-refractivity contribution in [2.75, 3.05) is 0 Å². The fraction of sp³-hybridized carbons (Fsp3) is 0.636. The SMILES string of the molecule is CCCC(N)C(CC)Sc1cnccn1. The molecule has 4 heteroatoms. The van der Waals surface area contributed by atoms with Crippen molar-refractivity contribution in [3.8, 4) is 0 Å². The van der Waals surface area contributed by atoms with Crippen molar-refractivity contribution in [2.45, 2.75) is 49.4 Å². The van der Waals surface area contributed by atoms with E-state index in [0.717, 1.165) is 24.3 Å². The summed E-state index contributed by atoms with van der Waals surface area (Å²) in [7, 11) is 0. The van der Waals surface area contributed by atoms with E-state index >= 15 is 0 Å². The van der Waals surface area contributed by atoms with Crippen molar-refractivity contribution < 1.29 is 0 Å². The molecule has 0 amide bonds. The van der Waals surface area contributed by atoms with Gasteiger partial charge in [-0.2, -0.15) is 0 Å². The second-order valence-corrected chi connectivity index (χ2v) is 4.82. The molecule has 0 saturated heterocycles. The Morgan fingerprint density at radius 3 is 2.73 bits per heavy atom. The van der Waals surface area contributed by atoms with Crippen LogP contribution in [0.1, 0.15) is 33.1 Å². The highest BCUT2D eigenvalue weighted by molar-refractivity contribution is 7.99. The fourth-order valence-corrected chi connectivity index (χ4v) is 2.53. The van der Waals surface area contributed by atoms with E-state index in [-0.39, 0.29) is 6.04 Å². The van der Waals surface area contributed by atoms with E-state index in [0.29, 0.717) is 5.25 Å². The molecule has 1 rings (SSSR count). The van der Waals surface area contributed by atoms with Crippen LogP contribution in [0, 0.1) is 0 Å². The molecule has 84 valence electrons. The highest BCUT2D eigenvalue weighted by Gasteiger charge is 2.16. The first-order valence-electron chi connectivity index (χ1n) is 5.46. The predicted molar refractivity (Wildman–Crippen MR) is 64.9 cm³/mol. The minimum atomic E-state index is 0.256. The minimum absolute atomic E-state index is 0.256. The van der Waals surface area contributed by atoms with Crippen LogP contribution in [-0.2, 0) is 0 Å². The standard InChI is InChI=1S/C11H19N3S/c1-3-5-9(12)10(4-2)15-11-8-13-6-7-14-11/h6-10H,3-5,12H2,1-2H3. The summed E-state index contributed by atoms with van der Waals surface area (Å²) in [5.41, 5.74) is 6.12. The van der Waals surface area contributed by atoms with Crippen LogP contribution in [0.3, 0.4) is 0 Å². The largest absolute Gasteiger partial charge is 0.327 e. The van der Waals surface area contributed by atoms with Crippen LogP contribution >= 0.6 is 11.8 Å². The minimum Gasteiger partial charge on any atom is -0.327 e. The van der Waals surface area contributed by atoms with E-state index in [1.165, 1.54) is 0 Å². The molecule has 15 heavy (non-hydrogen) atoms. The maximum Gasteiger partial charge on any atom is 0.115 e. The third-order valence-corrected chi connectivity index (χ3v) is 3.75. The lowest BCUT2D eigenvalue weighted by Gasteiger charge is -2.20. The molecule has 2 N–H and O–H groups in total. The van der Waals surface area contributed by atoms with E-state index < -0.39 is 0 Å². The Morgan fingerprint density at radius 2 is 2.20 bits per heavy atom. The zero-order chi connectivity index (χ0) is 11.1. The molecule has 0 fully saturated rings. The smallest absolute Gasteiger partial charge is 0.115 e. The van der Waals surface area contributed by atoms with E-state index in [9.17, 15) is 0 Å². The molecule has 2 atom stereocenters. The summed E-state index contributed by atoms with van der Waals surface area (Å²) >= 11 is 1.74. The quantitative estimate of drug-likeness (QED) is 0.756. The molecule has 3 nitrogen and oxygen atoms in total. The normalized spacial score (nSPS) is 14.9. The molecule has 0 aliphatic rings. The molecule has 0 aliphatic carbocycles. The molecule has 2 unspecified atom stereocenters. The van der Waals surface area contributed by atoms with E-state index in [2.05, 4.69) is 23.8 Å². The zero-order valence-electron chi connectivity index (χ0n) is 9.39. The number of hydrogen-bond donors (Lipinski definition) is 1. The first-order valence-corrected chi connectivity index (χ1v) is 6.34. The lowest BCUT2D eigenvalue weighted by Crippen LogP contribution is -2.31. The highest BCUT2D eigenvalue weighted by Crippen LogP contribution is 2.25. The molecular weight excluding hydrogens is 206 g/mol. The molecule has 0 radical (unpaired) electrons. The van der Waals surface area contributed by atoms with E-state index in [1.807, 2.05) is 0 Å². The molecule has 0 aliphatic heterocycles. The van der Waals surface area contributed by atoms with Gasteiger partial charge in [0.15, 0.2) is 0 Å². The summed E-state index contributed by atoms with van der Waals surface area (Å²) < 4.78 is 0. The molecule has 1 aromatic heterocycles. The summed E-state index contributed by atoms with van der Waals surface area (Å²) in [6.07, 6.45) is 8.50. The second kappa shape index (κ2) is 6.80. The summed E-state index contributed by atoms with van der Waals surface area (Å²) in [5.74, 6) is 0. The molecule has 0 bridgehead atoms. The monoisotopic (exact) mass is 225 g/mol. The van der Waals surface area contributed by atoms with Gasteiger partial charge in [-0.25, -0.2) is 4.98 Å². The predicted octanol–water partition coefficient (Wildman–Crippen LogP) is 2.47. The Balaban J connectivity index is 2.53. The highest BCUT2D eigenvalue weighted by atomic mass is 32.2. The van der Waals surface area contributed by atoms with Crippen molar-refractivity contribution in [3.05, 3.63) is 18.6 Å². The van der Waals surface area contributed by atoms with Crippen LogP contribution < -0.4 is 5.73 Å². The van der Waals surface area contributed by atoms with Gasteiger partial charge < -0.3 is 5.73 Å². The van der Waals surface area contributed by atoms with Gasteiger partial charge >= 0.3 is 0 Å². The van der Waals surface area contributed by atoms with Gasteiger partial charge in [-0.15, -0.1) is 0 Å². The number of nitrogens with zero attached hydrogens (tertiary/aromatic N) is 2. The second-order valence-electron chi connectivity index (χ2n) is 3.56. The van der Waals surface area contributed by atoms with Crippen LogP contribution in [0.15, 0.2) is 23.6 Å². The third-order valence-electron chi connectivity index (χ3n) is 2.31. The molecule has 0 saturated carbocycles. The number of rotatable bonds is 6. The Hall–Kier alpha value is -0.610. The first kappa shape index (κ1) is 12.5. The van der Waals surface area contributed by atoms with E-state index in [4.69, 9.17) is 5.73 Å². The van der Waals surface area contributed by atoms with Crippen LogP contribution in [0.2, 0.25) is 0 Å². The van der Waals surface area contributed by atoms with Crippen molar-refractivity contribution in [2.24, 2.45) is 5.73 Å². The van der Waals surface area contributed by atoms with Gasteiger partial charge in [0.05, 0.1) is 6.20 Å². The first-order chi connectivity index (χ1) is 7.27. The van der Waals surface area contributed by atoms with Crippen molar-refractivity contribution in [1.82, 2.24) is 9.97 Å². The Labute approximate surface area is 95.9 Å². The molecule has 1 aromatic rings. The van der Waals surface area contributed by atoms with Crippen molar-refractivity contribution >= 4 is 11.8 Å². The number of hydrogen-bond acceptors (Lipinski definition) is 4. The summed E-state index contributed by atoms with van der Waals surface area (Å²) in [5, 5.41) is 1.41. The molecule has 1 heterocycles. The van der Waals surface area contributed by atoms with E-state index in [1.54, 1.807) is 30.4 Å². The lowest BCUT2D eigenvalue weighted by atomic mass is 10.1. The summed E-state index contributed by atoms with van der Waals surface area (Å²) in [6.45, 7) is 4.34. The van der Waals surface area contributed by atoms with Gasteiger partial charge in [-0.05, 0) is 12.8 Å². The van der Waals surface area contributed by atoms with Crippen molar-refractivity contribution in [1.29, 1.82) is 0 Å². The summed E-state index contributed by atoms with van der Waals surface area (Å²) in [4.78, 5) is 8.31. The molecular formula is C11H19N3S. The van der Waals surface area contributed by atoms with Crippen LogP contribution in [0.4, 0.5) is 0 Å². The zero-order valence-corrected chi connectivity index (χ0v) is 10.2. The summed E-state index contributed by atoms with van der Waals surface area (Å²) in [6, 6.07) is 0.256. The van der Waals surface area contributed by atoms with Gasteiger partial charge in [-0.1, -0.05) is 32.0 Å². The van der Waals surface area contributed by atoms with Crippen molar-refractivity contribution in [3.63, 3.8) is 0 Å². The molecule has 0 spiro atoms. The Bertz CT molecular complexity index is 266. The maximum atomic E-state index is 6.12. The average molecular weight is 225 g/mol. The van der Waals surface area contributed by atoms with Crippen LogP contribution in [-0.4, -0.2) is 21.3 Å². The maximum absolute atomic E-state index is 6.12. The number of aromatic nitrogens is 2. The Kier molecular flexibility index (Phi) is 5.65. The molecule has 0 aromatic carbocycles.